The van der Waals surface area contributed by atoms with E-state index in [1.165, 1.54) is 11.1 Å². The third-order valence-electron chi connectivity index (χ3n) is 2.59. The maximum Gasteiger partial charge on any atom is 0.166 e. The van der Waals surface area contributed by atoms with Crippen molar-refractivity contribution in [3.05, 3.63) is 71.8 Å². The molecular weight excluding hydrogens is 311 g/mol. The Labute approximate surface area is 137 Å². The molecule has 0 radical (unpaired) electrons. The molecular formula is C15H18Cl2N2S. The number of benzene rings is 2. The lowest BCUT2D eigenvalue weighted by Crippen LogP contribution is -2.34. The van der Waals surface area contributed by atoms with Crippen LogP contribution < -0.4 is 10.6 Å². The van der Waals surface area contributed by atoms with Gasteiger partial charge in [-0.15, -0.1) is 24.8 Å². The van der Waals surface area contributed by atoms with E-state index in [0.29, 0.717) is 5.11 Å². The molecule has 0 bridgehead atoms. The standard InChI is InChI=1S/C15H16N2S.2ClH/c18-15(16-11-13-7-3-1-4-8-13)17-12-14-9-5-2-6-10-14;;/h1-10H,11-12H2,(H2,16,17,18);2*1H. The van der Waals surface area contributed by atoms with Crippen LogP contribution in [-0.4, -0.2) is 5.11 Å². The van der Waals surface area contributed by atoms with E-state index in [1.54, 1.807) is 0 Å². The van der Waals surface area contributed by atoms with Crippen LogP contribution in [0.4, 0.5) is 0 Å². The van der Waals surface area contributed by atoms with Crippen LogP contribution in [-0.2, 0) is 13.1 Å². The van der Waals surface area contributed by atoms with Crippen molar-refractivity contribution < 1.29 is 0 Å². The van der Waals surface area contributed by atoms with Gasteiger partial charge in [0, 0.05) is 13.1 Å². The van der Waals surface area contributed by atoms with E-state index in [2.05, 4.69) is 34.9 Å². The maximum atomic E-state index is 5.23. The summed E-state index contributed by atoms with van der Waals surface area (Å²) in [5, 5.41) is 7.06. The molecule has 2 aromatic rings. The van der Waals surface area contributed by atoms with Gasteiger partial charge in [-0.05, 0) is 23.3 Å². The molecule has 2 rings (SSSR count). The van der Waals surface area contributed by atoms with Crippen LogP contribution in [0.5, 0.6) is 0 Å². The largest absolute Gasteiger partial charge is 0.359 e. The minimum atomic E-state index is 0. The van der Waals surface area contributed by atoms with Gasteiger partial charge in [-0.3, -0.25) is 0 Å². The van der Waals surface area contributed by atoms with Crippen molar-refractivity contribution in [2.75, 3.05) is 0 Å². The number of thiocarbonyl (C=S) groups is 1. The summed E-state index contributed by atoms with van der Waals surface area (Å²) in [6.45, 7) is 1.50. The summed E-state index contributed by atoms with van der Waals surface area (Å²) < 4.78 is 0. The van der Waals surface area contributed by atoms with Crippen molar-refractivity contribution in [1.82, 2.24) is 10.6 Å². The molecule has 0 aliphatic carbocycles. The quantitative estimate of drug-likeness (QED) is 0.837. The second kappa shape index (κ2) is 10.5. The lowest BCUT2D eigenvalue weighted by atomic mass is 10.2. The van der Waals surface area contributed by atoms with E-state index in [4.69, 9.17) is 12.2 Å². The van der Waals surface area contributed by atoms with E-state index < -0.39 is 0 Å². The van der Waals surface area contributed by atoms with E-state index >= 15 is 0 Å². The molecule has 2 aromatic carbocycles. The number of rotatable bonds is 4. The van der Waals surface area contributed by atoms with Gasteiger partial charge in [-0.1, -0.05) is 60.7 Å². The second-order valence-corrected chi connectivity index (χ2v) is 4.42. The molecule has 0 aromatic heterocycles. The molecule has 0 amide bonds. The van der Waals surface area contributed by atoms with Crippen LogP contribution >= 0.6 is 37.0 Å². The molecule has 0 saturated heterocycles. The number of nitrogens with one attached hydrogen (secondary N) is 2. The third kappa shape index (κ3) is 6.75. The maximum absolute atomic E-state index is 5.23. The number of hydrogen-bond acceptors (Lipinski definition) is 1. The van der Waals surface area contributed by atoms with Gasteiger partial charge in [0.1, 0.15) is 0 Å². The van der Waals surface area contributed by atoms with Crippen LogP contribution in [0, 0.1) is 0 Å². The monoisotopic (exact) mass is 328 g/mol. The van der Waals surface area contributed by atoms with Crippen LogP contribution in [0.25, 0.3) is 0 Å². The molecule has 2 N–H and O–H groups in total. The number of hydrogen-bond donors (Lipinski definition) is 2. The topological polar surface area (TPSA) is 24.1 Å². The Morgan fingerprint density at radius 3 is 1.40 bits per heavy atom. The van der Waals surface area contributed by atoms with Gasteiger partial charge in [-0.2, -0.15) is 0 Å². The first-order valence-electron chi connectivity index (χ1n) is 5.94. The van der Waals surface area contributed by atoms with E-state index in [1.807, 2.05) is 36.4 Å². The van der Waals surface area contributed by atoms with Gasteiger partial charge in [-0.25, -0.2) is 0 Å². The minimum absolute atomic E-state index is 0. The van der Waals surface area contributed by atoms with Gasteiger partial charge < -0.3 is 10.6 Å². The van der Waals surface area contributed by atoms with Crippen molar-refractivity contribution >= 4 is 42.1 Å². The highest BCUT2D eigenvalue weighted by Gasteiger charge is 1.96. The first kappa shape index (κ1) is 18.7. The molecule has 20 heavy (non-hydrogen) atoms. The Kier molecular flexibility index (Phi) is 9.82. The SMILES string of the molecule is Cl.Cl.S=C(NCc1ccccc1)NCc1ccccc1. The summed E-state index contributed by atoms with van der Waals surface area (Å²) >= 11 is 5.23. The zero-order valence-electron chi connectivity index (χ0n) is 10.9. The van der Waals surface area contributed by atoms with Crippen molar-refractivity contribution in [2.24, 2.45) is 0 Å². The van der Waals surface area contributed by atoms with Gasteiger partial charge >= 0.3 is 0 Å². The van der Waals surface area contributed by atoms with Crippen LogP contribution in [0.15, 0.2) is 60.7 Å². The highest BCUT2D eigenvalue weighted by molar-refractivity contribution is 7.80. The van der Waals surface area contributed by atoms with Crippen molar-refractivity contribution in [2.45, 2.75) is 13.1 Å². The summed E-state index contributed by atoms with van der Waals surface area (Å²) in [5.41, 5.74) is 2.45. The molecule has 0 heterocycles. The lowest BCUT2D eigenvalue weighted by molar-refractivity contribution is 0.833. The predicted molar refractivity (Wildman–Crippen MR) is 93.7 cm³/mol. The fourth-order valence-electron chi connectivity index (χ4n) is 1.62. The molecule has 108 valence electrons. The Hall–Kier alpha value is -1.29. The van der Waals surface area contributed by atoms with Crippen LogP contribution in [0.3, 0.4) is 0 Å². The van der Waals surface area contributed by atoms with Crippen LogP contribution in [0.2, 0.25) is 0 Å². The van der Waals surface area contributed by atoms with E-state index in [-0.39, 0.29) is 24.8 Å². The van der Waals surface area contributed by atoms with Gasteiger partial charge in [0.25, 0.3) is 0 Å². The van der Waals surface area contributed by atoms with Crippen molar-refractivity contribution in [3.8, 4) is 0 Å². The molecule has 0 saturated carbocycles. The first-order valence-corrected chi connectivity index (χ1v) is 6.35. The van der Waals surface area contributed by atoms with Gasteiger partial charge in [0.2, 0.25) is 0 Å². The Bertz CT molecular complexity index is 446. The normalized spacial score (nSPS) is 8.80. The zero-order chi connectivity index (χ0) is 12.6. The third-order valence-corrected chi connectivity index (χ3v) is 2.88. The van der Waals surface area contributed by atoms with Gasteiger partial charge in [0.15, 0.2) is 5.11 Å². The predicted octanol–water partition coefficient (Wildman–Crippen LogP) is 3.69. The molecule has 5 heteroatoms. The smallest absolute Gasteiger partial charge is 0.166 e. The Balaban J connectivity index is 0.00000180. The minimum Gasteiger partial charge on any atom is -0.359 e. The molecule has 0 atom stereocenters. The van der Waals surface area contributed by atoms with Crippen molar-refractivity contribution in [3.63, 3.8) is 0 Å². The summed E-state index contributed by atoms with van der Waals surface area (Å²) in [7, 11) is 0. The summed E-state index contributed by atoms with van der Waals surface area (Å²) in [6.07, 6.45) is 0. The summed E-state index contributed by atoms with van der Waals surface area (Å²) in [5.74, 6) is 0. The summed E-state index contributed by atoms with van der Waals surface area (Å²) in [6, 6.07) is 20.4. The second-order valence-electron chi connectivity index (χ2n) is 4.01. The lowest BCUT2D eigenvalue weighted by Gasteiger charge is -2.10. The number of halogens is 2. The van der Waals surface area contributed by atoms with Crippen molar-refractivity contribution in [1.29, 1.82) is 0 Å². The fourth-order valence-corrected chi connectivity index (χ4v) is 1.76. The highest BCUT2D eigenvalue weighted by atomic mass is 35.5. The summed E-state index contributed by atoms with van der Waals surface area (Å²) in [4.78, 5) is 0. The molecule has 0 spiro atoms. The molecule has 0 aliphatic heterocycles. The highest BCUT2D eigenvalue weighted by Crippen LogP contribution is 1.98. The first-order chi connectivity index (χ1) is 8.84. The van der Waals surface area contributed by atoms with Crippen LogP contribution in [0.1, 0.15) is 11.1 Å². The Morgan fingerprint density at radius 1 is 0.700 bits per heavy atom. The van der Waals surface area contributed by atoms with E-state index in [0.717, 1.165) is 13.1 Å². The van der Waals surface area contributed by atoms with E-state index in [9.17, 15) is 0 Å². The Morgan fingerprint density at radius 2 is 1.05 bits per heavy atom. The average molecular weight is 329 g/mol. The molecule has 0 unspecified atom stereocenters. The molecule has 2 nitrogen and oxygen atoms in total. The molecule has 0 fully saturated rings. The fraction of sp³-hybridized carbons (Fsp3) is 0.133. The molecule has 0 aliphatic rings. The average Bonchev–Trinajstić information content (AvgIpc) is 2.45. The van der Waals surface area contributed by atoms with Gasteiger partial charge in [0.05, 0.1) is 0 Å². The zero-order valence-corrected chi connectivity index (χ0v) is 13.4.